The lowest BCUT2D eigenvalue weighted by Gasteiger charge is -2.28. The van der Waals surface area contributed by atoms with E-state index >= 15 is 0 Å². The topological polar surface area (TPSA) is 111 Å². The lowest BCUT2D eigenvalue weighted by Crippen LogP contribution is -2.44. The van der Waals surface area contributed by atoms with Gasteiger partial charge in [0.1, 0.15) is 18.3 Å². The van der Waals surface area contributed by atoms with Crippen molar-refractivity contribution in [2.75, 3.05) is 31.1 Å². The van der Waals surface area contributed by atoms with Gasteiger partial charge in [-0.15, -0.1) is 0 Å². The number of hydrogen-bond acceptors (Lipinski definition) is 8. The third-order valence-corrected chi connectivity index (χ3v) is 4.82. The third-order valence-electron chi connectivity index (χ3n) is 4.82. The normalized spacial score (nSPS) is 30.0. The number of aromatic nitrogens is 2. The van der Waals surface area contributed by atoms with Gasteiger partial charge in [0.05, 0.1) is 17.0 Å². The molecule has 2 fully saturated rings. The summed E-state index contributed by atoms with van der Waals surface area (Å²) in [5.74, 6) is 0.952. The smallest absolute Gasteiger partial charge is 0.229 e. The Bertz CT molecular complexity index is 753. The first kappa shape index (κ1) is 16.5. The number of fused-ring (bicyclic) bond motifs is 1. The van der Waals surface area contributed by atoms with Crippen LogP contribution in [0.2, 0.25) is 0 Å². The summed E-state index contributed by atoms with van der Waals surface area (Å²) in [5.41, 5.74) is 0.759. The first-order chi connectivity index (χ1) is 12.1. The van der Waals surface area contributed by atoms with Gasteiger partial charge in [-0.2, -0.15) is 4.98 Å². The van der Waals surface area contributed by atoms with Crippen LogP contribution in [0.3, 0.4) is 0 Å². The molecule has 4 N–H and O–H groups in total. The number of piperazine rings is 1. The quantitative estimate of drug-likeness (QED) is 0.576. The second kappa shape index (κ2) is 6.72. The monoisotopic (exact) mass is 346 g/mol. The maximum absolute atomic E-state index is 10.1. The van der Waals surface area contributed by atoms with E-state index in [0.717, 1.165) is 37.1 Å². The van der Waals surface area contributed by atoms with Crippen molar-refractivity contribution in [2.45, 2.75) is 30.8 Å². The Morgan fingerprint density at radius 1 is 1.04 bits per heavy atom. The summed E-state index contributed by atoms with van der Waals surface area (Å²) in [6.45, 7) is 3.35. The number of aliphatic hydroxyl groups is 3. The maximum Gasteiger partial charge on any atom is 0.229 e. The van der Waals surface area contributed by atoms with Crippen LogP contribution in [0.1, 0.15) is 6.42 Å². The molecule has 1 aliphatic carbocycles. The predicted molar refractivity (Wildman–Crippen MR) is 91.7 cm³/mol. The number of anilines is 1. The van der Waals surface area contributed by atoms with E-state index in [2.05, 4.69) is 20.2 Å². The van der Waals surface area contributed by atoms with Crippen molar-refractivity contribution in [3.63, 3.8) is 0 Å². The van der Waals surface area contributed by atoms with E-state index in [4.69, 9.17) is 4.74 Å². The fraction of sp³-hybridized carbons (Fsp3) is 0.529. The second-order valence-electron chi connectivity index (χ2n) is 6.52. The van der Waals surface area contributed by atoms with Crippen LogP contribution in [0.15, 0.2) is 24.3 Å². The molecule has 1 aromatic heterocycles. The number of rotatable bonds is 3. The minimum absolute atomic E-state index is 0.156. The van der Waals surface area contributed by atoms with Gasteiger partial charge in [0.15, 0.2) is 0 Å². The van der Waals surface area contributed by atoms with Crippen molar-refractivity contribution in [3.8, 4) is 5.88 Å². The molecule has 2 heterocycles. The van der Waals surface area contributed by atoms with Crippen LogP contribution < -0.4 is 15.0 Å². The second-order valence-corrected chi connectivity index (χ2v) is 6.52. The molecule has 1 aliphatic heterocycles. The van der Waals surface area contributed by atoms with Gasteiger partial charge in [0.25, 0.3) is 0 Å². The number of aliphatic hydroxyl groups excluding tert-OH is 3. The number of para-hydroxylation sites is 1. The van der Waals surface area contributed by atoms with Gasteiger partial charge in [-0.25, -0.2) is 4.98 Å². The summed E-state index contributed by atoms with van der Waals surface area (Å²) in [6, 6.07) is 7.53. The zero-order valence-corrected chi connectivity index (χ0v) is 13.7. The maximum atomic E-state index is 10.1. The summed E-state index contributed by atoms with van der Waals surface area (Å²) in [4.78, 5) is 11.3. The summed E-state index contributed by atoms with van der Waals surface area (Å²) in [7, 11) is 0. The standard InChI is InChI=1S/C17H22N4O4/c22-12-9-13(15(24)14(12)23)25-16-10-3-1-2-4-11(10)19-17(20-16)21-7-5-18-6-8-21/h1-4,12-15,18,22-24H,5-9H2/t12-,13+,14+,15+/m0/s1. The largest absolute Gasteiger partial charge is 0.471 e. The van der Waals surface area contributed by atoms with E-state index < -0.39 is 24.4 Å². The molecule has 0 unspecified atom stereocenters. The van der Waals surface area contributed by atoms with E-state index in [1.165, 1.54) is 0 Å². The average molecular weight is 346 g/mol. The van der Waals surface area contributed by atoms with Crippen LogP contribution in [-0.4, -0.2) is 75.9 Å². The Morgan fingerprint density at radius 3 is 2.52 bits per heavy atom. The lowest BCUT2D eigenvalue weighted by molar-refractivity contribution is -0.0370. The Labute approximate surface area is 145 Å². The molecule has 4 rings (SSSR count). The van der Waals surface area contributed by atoms with Crippen molar-refractivity contribution >= 4 is 16.9 Å². The molecule has 0 bridgehead atoms. The van der Waals surface area contributed by atoms with Crippen molar-refractivity contribution in [1.82, 2.24) is 15.3 Å². The highest BCUT2D eigenvalue weighted by molar-refractivity contribution is 5.84. The van der Waals surface area contributed by atoms with Gasteiger partial charge < -0.3 is 30.3 Å². The van der Waals surface area contributed by atoms with E-state index in [9.17, 15) is 15.3 Å². The molecule has 4 atom stereocenters. The molecule has 0 radical (unpaired) electrons. The molecule has 2 aliphatic rings. The average Bonchev–Trinajstić information content (AvgIpc) is 2.89. The number of benzene rings is 1. The SMILES string of the molecule is O[C@H]1[C@H](O)[C@H](Oc2nc(N3CCNCC3)nc3ccccc23)C[C@@H]1O. The van der Waals surface area contributed by atoms with Crippen LogP contribution in [0.25, 0.3) is 10.9 Å². The van der Waals surface area contributed by atoms with Crippen molar-refractivity contribution in [1.29, 1.82) is 0 Å². The highest BCUT2D eigenvalue weighted by atomic mass is 16.5. The first-order valence-electron chi connectivity index (χ1n) is 8.57. The van der Waals surface area contributed by atoms with Gasteiger partial charge in [0.2, 0.25) is 11.8 Å². The molecule has 8 nitrogen and oxygen atoms in total. The van der Waals surface area contributed by atoms with Crippen LogP contribution in [0.4, 0.5) is 5.95 Å². The van der Waals surface area contributed by atoms with Crippen molar-refractivity contribution in [3.05, 3.63) is 24.3 Å². The van der Waals surface area contributed by atoms with Crippen molar-refractivity contribution in [2.24, 2.45) is 0 Å². The fourth-order valence-electron chi connectivity index (χ4n) is 3.36. The third kappa shape index (κ3) is 3.13. The summed E-state index contributed by atoms with van der Waals surface area (Å²) in [5, 5.41) is 33.6. The van der Waals surface area contributed by atoms with Gasteiger partial charge >= 0.3 is 0 Å². The molecule has 0 amide bonds. The van der Waals surface area contributed by atoms with Gasteiger partial charge in [-0.05, 0) is 12.1 Å². The first-order valence-corrected chi connectivity index (χ1v) is 8.57. The fourth-order valence-corrected chi connectivity index (χ4v) is 3.36. The summed E-state index contributed by atoms with van der Waals surface area (Å²) >= 11 is 0. The molecule has 1 saturated carbocycles. The van der Waals surface area contributed by atoms with Crippen molar-refractivity contribution < 1.29 is 20.1 Å². The number of ether oxygens (including phenoxy) is 1. The van der Waals surface area contributed by atoms with E-state index in [1.807, 2.05) is 24.3 Å². The summed E-state index contributed by atoms with van der Waals surface area (Å²) < 4.78 is 5.91. The lowest BCUT2D eigenvalue weighted by atomic mass is 10.2. The molecular formula is C17H22N4O4. The Balaban J connectivity index is 1.69. The van der Waals surface area contributed by atoms with Crippen LogP contribution >= 0.6 is 0 Å². The Kier molecular flexibility index (Phi) is 4.43. The van der Waals surface area contributed by atoms with Crippen LogP contribution in [0, 0.1) is 0 Å². The Morgan fingerprint density at radius 2 is 1.80 bits per heavy atom. The molecule has 2 aromatic rings. The zero-order chi connectivity index (χ0) is 17.4. The van der Waals surface area contributed by atoms with Gasteiger partial charge in [-0.3, -0.25) is 0 Å². The van der Waals surface area contributed by atoms with E-state index in [0.29, 0.717) is 11.8 Å². The number of nitrogens with one attached hydrogen (secondary N) is 1. The minimum Gasteiger partial charge on any atom is -0.471 e. The van der Waals surface area contributed by atoms with E-state index in [-0.39, 0.29) is 6.42 Å². The number of hydrogen-bond donors (Lipinski definition) is 4. The predicted octanol–water partition coefficient (Wildman–Crippen LogP) is -0.727. The molecule has 1 saturated heterocycles. The van der Waals surface area contributed by atoms with Crippen LogP contribution in [0.5, 0.6) is 5.88 Å². The summed E-state index contributed by atoms with van der Waals surface area (Å²) in [6.07, 6.45) is -3.90. The molecule has 134 valence electrons. The van der Waals surface area contributed by atoms with E-state index in [1.54, 1.807) is 0 Å². The number of nitrogens with zero attached hydrogens (tertiary/aromatic N) is 3. The zero-order valence-electron chi connectivity index (χ0n) is 13.7. The highest BCUT2D eigenvalue weighted by Crippen LogP contribution is 2.30. The molecular weight excluding hydrogens is 324 g/mol. The molecule has 1 aromatic carbocycles. The van der Waals surface area contributed by atoms with Crippen LogP contribution in [-0.2, 0) is 0 Å². The molecule has 8 heteroatoms. The molecule has 25 heavy (non-hydrogen) atoms. The highest BCUT2D eigenvalue weighted by Gasteiger charge is 2.42. The van der Waals surface area contributed by atoms with Gasteiger partial charge in [0, 0.05) is 32.6 Å². The molecule has 0 spiro atoms. The minimum atomic E-state index is -1.20. The van der Waals surface area contributed by atoms with Gasteiger partial charge in [-0.1, -0.05) is 12.1 Å². The Hall–Kier alpha value is -2.00.